The van der Waals surface area contributed by atoms with Crippen molar-refractivity contribution in [3.8, 4) is 6.07 Å². The van der Waals surface area contributed by atoms with Crippen molar-refractivity contribution in [3.63, 3.8) is 0 Å². The van der Waals surface area contributed by atoms with Gasteiger partial charge in [0, 0.05) is 16.8 Å². The number of nitrogen functional groups attached to an aromatic ring is 1. The highest BCUT2D eigenvalue weighted by atomic mass is 19.1. The number of rotatable bonds is 1. The Morgan fingerprint density at radius 2 is 2.15 bits per heavy atom. The minimum atomic E-state index is -0.431. The molecule has 0 heterocycles. The molecule has 0 saturated carbocycles. The van der Waals surface area contributed by atoms with Crippen molar-refractivity contribution in [2.45, 2.75) is 19.8 Å². The van der Waals surface area contributed by atoms with E-state index in [1.54, 1.807) is 26.0 Å². The lowest BCUT2D eigenvalue weighted by atomic mass is 9.99. The molecule has 0 saturated heterocycles. The number of anilines is 1. The Balaban J connectivity index is 3.28. The van der Waals surface area contributed by atoms with E-state index in [2.05, 4.69) is 0 Å². The van der Waals surface area contributed by atoms with Gasteiger partial charge < -0.3 is 5.73 Å². The number of benzene rings is 1. The second-order valence-corrected chi connectivity index (χ2v) is 3.03. The van der Waals surface area contributed by atoms with Crippen LogP contribution in [-0.4, -0.2) is 0 Å². The van der Waals surface area contributed by atoms with E-state index in [0.717, 1.165) is 0 Å². The first-order chi connectivity index (χ1) is 6.07. The maximum absolute atomic E-state index is 13.5. The number of nitriles is 1. The Labute approximate surface area is 76.8 Å². The largest absolute Gasteiger partial charge is 0.398 e. The van der Waals surface area contributed by atoms with Crippen LogP contribution < -0.4 is 5.73 Å². The van der Waals surface area contributed by atoms with E-state index in [1.165, 1.54) is 0 Å². The van der Waals surface area contributed by atoms with Gasteiger partial charge in [0.15, 0.2) is 0 Å². The summed E-state index contributed by atoms with van der Waals surface area (Å²) in [6.07, 6.45) is 0. The van der Waals surface area contributed by atoms with Gasteiger partial charge in [0.05, 0.1) is 12.0 Å². The van der Waals surface area contributed by atoms with E-state index in [9.17, 15) is 4.39 Å². The quantitative estimate of drug-likeness (QED) is 0.671. The zero-order valence-electron chi connectivity index (χ0n) is 7.63. The third-order valence-electron chi connectivity index (χ3n) is 2.12. The van der Waals surface area contributed by atoms with Crippen molar-refractivity contribution in [2.75, 3.05) is 5.73 Å². The average molecular weight is 178 g/mol. The molecule has 0 bridgehead atoms. The third kappa shape index (κ3) is 1.62. The fraction of sp³-hybridized carbons (Fsp3) is 0.300. The van der Waals surface area contributed by atoms with Crippen molar-refractivity contribution < 1.29 is 4.39 Å². The molecule has 1 aromatic carbocycles. The van der Waals surface area contributed by atoms with E-state index in [4.69, 9.17) is 11.0 Å². The molecule has 0 fully saturated rings. The summed E-state index contributed by atoms with van der Waals surface area (Å²) in [6.45, 7) is 3.27. The summed E-state index contributed by atoms with van der Waals surface area (Å²) in [4.78, 5) is 0. The number of hydrogen-bond donors (Lipinski definition) is 1. The minimum Gasteiger partial charge on any atom is -0.398 e. The summed E-state index contributed by atoms with van der Waals surface area (Å²) in [6, 6.07) is 5.18. The molecular formula is C10H11FN2. The number of hydrogen-bond acceptors (Lipinski definition) is 2. The first-order valence-electron chi connectivity index (χ1n) is 4.02. The van der Waals surface area contributed by atoms with Crippen LogP contribution in [0.4, 0.5) is 10.1 Å². The van der Waals surface area contributed by atoms with E-state index >= 15 is 0 Å². The number of nitrogens with zero attached hydrogens (tertiary/aromatic N) is 1. The zero-order valence-corrected chi connectivity index (χ0v) is 7.63. The molecule has 1 atom stereocenters. The molecule has 1 aromatic rings. The van der Waals surface area contributed by atoms with Gasteiger partial charge in [-0.2, -0.15) is 5.26 Å². The highest BCUT2D eigenvalue weighted by Gasteiger charge is 2.13. The van der Waals surface area contributed by atoms with E-state index in [1.807, 2.05) is 6.07 Å². The van der Waals surface area contributed by atoms with Gasteiger partial charge >= 0.3 is 0 Å². The van der Waals surface area contributed by atoms with Crippen LogP contribution in [0, 0.1) is 24.1 Å². The van der Waals surface area contributed by atoms with E-state index in [-0.39, 0.29) is 5.82 Å². The van der Waals surface area contributed by atoms with Crippen molar-refractivity contribution in [1.82, 2.24) is 0 Å². The molecule has 3 heteroatoms. The molecule has 0 aliphatic heterocycles. The summed E-state index contributed by atoms with van der Waals surface area (Å²) in [5.74, 6) is -0.798. The number of halogens is 1. The molecular weight excluding hydrogens is 167 g/mol. The topological polar surface area (TPSA) is 49.8 Å². The Hall–Kier alpha value is -1.56. The van der Waals surface area contributed by atoms with Gasteiger partial charge in [-0.25, -0.2) is 4.39 Å². The summed E-state index contributed by atoms with van der Waals surface area (Å²) in [5.41, 5.74) is 6.76. The molecule has 2 nitrogen and oxygen atoms in total. The molecule has 1 rings (SSSR count). The van der Waals surface area contributed by atoms with Crippen LogP contribution in [-0.2, 0) is 0 Å². The van der Waals surface area contributed by atoms with Crippen molar-refractivity contribution in [2.24, 2.45) is 0 Å². The zero-order chi connectivity index (χ0) is 10.0. The van der Waals surface area contributed by atoms with Crippen LogP contribution in [0.2, 0.25) is 0 Å². The highest BCUT2D eigenvalue weighted by Crippen LogP contribution is 2.24. The molecule has 0 radical (unpaired) electrons. The van der Waals surface area contributed by atoms with Gasteiger partial charge in [0.1, 0.15) is 5.82 Å². The van der Waals surface area contributed by atoms with Crippen molar-refractivity contribution in [1.29, 1.82) is 5.26 Å². The molecule has 0 aromatic heterocycles. The first-order valence-corrected chi connectivity index (χ1v) is 4.02. The lowest BCUT2D eigenvalue weighted by molar-refractivity contribution is 0.598. The van der Waals surface area contributed by atoms with Gasteiger partial charge in [-0.3, -0.25) is 0 Å². The molecule has 0 aliphatic rings. The van der Waals surface area contributed by atoms with Crippen LogP contribution in [0.5, 0.6) is 0 Å². The van der Waals surface area contributed by atoms with E-state index < -0.39 is 5.92 Å². The summed E-state index contributed by atoms with van der Waals surface area (Å²) in [7, 11) is 0. The van der Waals surface area contributed by atoms with Crippen LogP contribution in [0.25, 0.3) is 0 Å². The normalized spacial score (nSPS) is 12.2. The minimum absolute atomic E-state index is 0.367. The van der Waals surface area contributed by atoms with Gasteiger partial charge in [0.25, 0.3) is 0 Å². The van der Waals surface area contributed by atoms with Gasteiger partial charge in [-0.05, 0) is 19.9 Å². The molecule has 0 spiro atoms. The smallest absolute Gasteiger partial charge is 0.132 e. The maximum atomic E-state index is 13.5. The van der Waals surface area contributed by atoms with Crippen LogP contribution in [0.1, 0.15) is 24.0 Å². The predicted octanol–water partition coefficient (Wildman–Crippen LogP) is 2.34. The van der Waals surface area contributed by atoms with Gasteiger partial charge in [-0.15, -0.1) is 0 Å². The summed E-state index contributed by atoms with van der Waals surface area (Å²) >= 11 is 0. The Morgan fingerprint density at radius 3 is 2.69 bits per heavy atom. The Bertz CT molecular complexity index is 366. The molecule has 13 heavy (non-hydrogen) atoms. The van der Waals surface area contributed by atoms with Gasteiger partial charge in [-0.1, -0.05) is 6.07 Å². The lowest BCUT2D eigenvalue weighted by Crippen LogP contribution is -2.00. The molecule has 1 unspecified atom stereocenters. The monoisotopic (exact) mass is 178 g/mol. The average Bonchev–Trinajstić information content (AvgIpc) is 2.13. The highest BCUT2D eigenvalue weighted by molar-refractivity contribution is 5.50. The molecule has 68 valence electrons. The Kier molecular flexibility index (Phi) is 2.52. The maximum Gasteiger partial charge on any atom is 0.132 e. The van der Waals surface area contributed by atoms with Crippen molar-refractivity contribution >= 4 is 5.69 Å². The Morgan fingerprint density at radius 1 is 1.54 bits per heavy atom. The molecule has 0 aliphatic carbocycles. The van der Waals surface area contributed by atoms with Gasteiger partial charge in [0.2, 0.25) is 0 Å². The second-order valence-electron chi connectivity index (χ2n) is 3.03. The first kappa shape index (κ1) is 9.53. The fourth-order valence-corrected chi connectivity index (χ4v) is 1.12. The number of nitrogens with two attached hydrogens (primary N) is 1. The lowest BCUT2D eigenvalue weighted by Gasteiger charge is -2.08. The van der Waals surface area contributed by atoms with Crippen molar-refractivity contribution in [3.05, 3.63) is 29.1 Å². The van der Waals surface area contributed by atoms with Crippen LogP contribution in [0.15, 0.2) is 12.1 Å². The van der Waals surface area contributed by atoms with Crippen LogP contribution in [0.3, 0.4) is 0 Å². The predicted molar refractivity (Wildman–Crippen MR) is 49.6 cm³/mol. The summed E-state index contributed by atoms with van der Waals surface area (Å²) in [5, 5.41) is 8.62. The van der Waals surface area contributed by atoms with Crippen LogP contribution >= 0.6 is 0 Å². The standard InChI is InChI=1S/C10H11FN2/c1-6(5-12)8-3-4-9(13)7(2)10(8)11/h3-4,6H,13H2,1-2H3. The summed E-state index contributed by atoms with van der Waals surface area (Å²) < 4.78 is 13.5. The molecule has 2 N–H and O–H groups in total. The molecule has 0 amide bonds. The second kappa shape index (κ2) is 3.44. The SMILES string of the molecule is Cc1c(N)ccc(C(C)C#N)c1F. The fourth-order valence-electron chi connectivity index (χ4n) is 1.12. The third-order valence-corrected chi connectivity index (χ3v) is 2.12. The van der Waals surface area contributed by atoms with E-state index in [0.29, 0.717) is 16.8 Å².